The third kappa shape index (κ3) is 4.98. The molecule has 0 N–H and O–H groups in total. The second kappa shape index (κ2) is 11.6. The fourth-order valence-corrected chi connectivity index (χ4v) is 8.21. The van der Waals surface area contributed by atoms with Gasteiger partial charge >= 0.3 is 5.97 Å². The van der Waals surface area contributed by atoms with Crippen molar-refractivity contribution in [1.29, 1.82) is 0 Å². The first-order valence-corrected chi connectivity index (χ1v) is 15.2. The number of hydrogen-bond acceptors (Lipinski definition) is 8. The number of carbonyl (C=O) groups excluding carboxylic acids is 2. The van der Waals surface area contributed by atoms with Gasteiger partial charge in [0.05, 0.1) is 24.7 Å². The molecule has 0 radical (unpaired) electrons. The molecule has 2 saturated carbocycles. The molecule has 5 atom stereocenters. The van der Waals surface area contributed by atoms with Crippen molar-refractivity contribution in [3.8, 4) is 23.0 Å². The van der Waals surface area contributed by atoms with Crippen LogP contribution < -0.4 is 14.2 Å². The summed E-state index contributed by atoms with van der Waals surface area (Å²) < 4.78 is 24.1. The van der Waals surface area contributed by atoms with E-state index in [9.17, 15) is 19.7 Å². The van der Waals surface area contributed by atoms with E-state index in [0.717, 1.165) is 44.1 Å². The summed E-state index contributed by atoms with van der Waals surface area (Å²) in [4.78, 5) is 36.4. The molecule has 3 aromatic carbocycles. The lowest BCUT2D eigenvalue weighted by Gasteiger charge is -2.50. The molecular formula is C35H37NO8. The molecular weight excluding hydrogens is 562 g/mol. The third-order valence-electron chi connectivity index (χ3n) is 10.2. The van der Waals surface area contributed by atoms with Crippen LogP contribution in [0, 0.1) is 27.4 Å². The number of nitrogens with zero attached hydrogens (tertiary/aromatic N) is 1. The van der Waals surface area contributed by atoms with Crippen LogP contribution in [-0.2, 0) is 16.0 Å². The average Bonchev–Trinajstić information content (AvgIpc) is 3.35. The maximum atomic E-state index is 13.5. The molecule has 0 unspecified atom stereocenters. The quantitative estimate of drug-likeness (QED) is 0.114. The minimum atomic E-state index is -0.532. The molecule has 3 aromatic rings. The van der Waals surface area contributed by atoms with Crippen molar-refractivity contribution in [3.63, 3.8) is 0 Å². The van der Waals surface area contributed by atoms with E-state index in [1.54, 1.807) is 44.6 Å². The van der Waals surface area contributed by atoms with Crippen LogP contribution in [0.15, 0.2) is 54.6 Å². The molecule has 0 spiro atoms. The smallest absolute Gasteiger partial charge is 0.302 e. The van der Waals surface area contributed by atoms with Gasteiger partial charge in [0, 0.05) is 35.6 Å². The molecule has 230 valence electrons. The second-order valence-corrected chi connectivity index (χ2v) is 12.4. The van der Waals surface area contributed by atoms with Gasteiger partial charge < -0.3 is 18.9 Å². The van der Waals surface area contributed by atoms with Crippen molar-refractivity contribution in [2.24, 2.45) is 17.3 Å². The van der Waals surface area contributed by atoms with Gasteiger partial charge in [0.2, 0.25) is 5.75 Å². The van der Waals surface area contributed by atoms with E-state index in [1.165, 1.54) is 30.7 Å². The van der Waals surface area contributed by atoms with Crippen LogP contribution in [0.5, 0.6) is 23.0 Å². The van der Waals surface area contributed by atoms with Crippen LogP contribution >= 0.6 is 0 Å². The number of ether oxygens (including phenoxy) is 4. The van der Waals surface area contributed by atoms with Crippen molar-refractivity contribution in [2.45, 2.75) is 64.4 Å². The molecule has 0 bridgehead atoms. The first-order valence-electron chi connectivity index (χ1n) is 15.2. The predicted octanol–water partition coefficient (Wildman–Crippen LogP) is 7.42. The highest BCUT2D eigenvalue weighted by Crippen LogP contribution is 2.63. The number of rotatable bonds is 8. The topological polar surface area (TPSA) is 114 Å². The third-order valence-corrected chi connectivity index (χ3v) is 10.2. The first kappa shape index (κ1) is 29.7. The molecule has 44 heavy (non-hydrogen) atoms. The lowest BCUT2D eigenvalue weighted by atomic mass is 9.55. The number of methoxy groups -OCH3 is 2. The lowest BCUT2D eigenvalue weighted by Crippen LogP contribution is -2.45. The van der Waals surface area contributed by atoms with Gasteiger partial charge in [-0.25, -0.2) is 0 Å². The normalized spacial score (nSPS) is 25.2. The molecule has 3 aliphatic rings. The van der Waals surface area contributed by atoms with E-state index in [-0.39, 0.29) is 34.5 Å². The number of non-ortho nitro benzene ring substituents is 1. The molecule has 6 rings (SSSR count). The van der Waals surface area contributed by atoms with Crippen molar-refractivity contribution >= 4 is 17.4 Å². The molecule has 0 aliphatic heterocycles. The number of hydrogen-bond donors (Lipinski definition) is 0. The van der Waals surface area contributed by atoms with E-state index in [0.29, 0.717) is 40.6 Å². The fourth-order valence-electron chi connectivity index (χ4n) is 8.21. The zero-order chi connectivity index (χ0) is 31.2. The molecule has 2 fully saturated rings. The fraction of sp³-hybridized carbons (Fsp3) is 0.429. The summed E-state index contributed by atoms with van der Waals surface area (Å²) in [5.41, 5.74) is 2.46. The van der Waals surface area contributed by atoms with Gasteiger partial charge in [-0.15, -0.1) is 0 Å². The van der Waals surface area contributed by atoms with Gasteiger partial charge in [-0.3, -0.25) is 19.7 Å². The monoisotopic (exact) mass is 599 g/mol. The van der Waals surface area contributed by atoms with E-state index in [2.05, 4.69) is 6.92 Å². The minimum absolute atomic E-state index is 0.0286. The van der Waals surface area contributed by atoms with Crippen molar-refractivity contribution in [1.82, 2.24) is 0 Å². The molecule has 9 heteroatoms. The number of esters is 1. The summed E-state index contributed by atoms with van der Waals surface area (Å²) in [5.74, 6) is 2.13. The SMILES string of the molecule is COc1cc2c(c(OC)c1Oc1ccc([N+](=O)[O-])cc1C(=O)c1ccccc1)CC[C@@H]1[C@@H]2CC[C@]2(C)[C@@H](OC(C)=O)CC[C@H]12. The summed E-state index contributed by atoms with van der Waals surface area (Å²) in [6.07, 6.45) is 5.58. The first-order chi connectivity index (χ1) is 21.2. The number of nitro groups is 1. The van der Waals surface area contributed by atoms with E-state index >= 15 is 0 Å². The molecule has 0 saturated heterocycles. The number of benzene rings is 3. The Labute approximate surface area is 256 Å². The van der Waals surface area contributed by atoms with Crippen LogP contribution in [0.3, 0.4) is 0 Å². The van der Waals surface area contributed by atoms with Crippen LogP contribution in [-0.4, -0.2) is 37.0 Å². The molecule has 0 heterocycles. The van der Waals surface area contributed by atoms with E-state index < -0.39 is 10.7 Å². The van der Waals surface area contributed by atoms with Gasteiger partial charge in [-0.2, -0.15) is 0 Å². The number of fused-ring (bicyclic) bond motifs is 5. The Morgan fingerprint density at radius 2 is 1.70 bits per heavy atom. The lowest BCUT2D eigenvalue weighted by molar-refractivity contribution is -0.384. The van der Waals surface area contributed by atoms with Crippen molar-refractivity contribution < 1.29 is 33.5 Å². The van der Waals surface area contributed by atoms with E-state index in [4.69, 9.17) is 18.9 Å². The van der Waals surface area contributed by atoms with Gasteiger partial charge in [0.1, 0.15) is 11.9 Å². The summed E-state index contributed by atoms with van der Waals surface area (Å²) in [7, 11) is 3.16. The minimum Gasteiger partial charge on any atom is -0.493 e. The highest BCUT2D eigenvalue weighted by molar-refractivity contribution is 6.11. The Hall–Kier alpha value is -4.40. The number of nitro benzene ring substituents is 1. The van der Waals surface area contributed by atoms with Crippen molar-refractivity contribution in [3.05, 3.63) is 87.0 Å². The van der Waals surface area contributed by atoms with Crippen LogP contribution in [0.1, 0.15) is 78.9 Å². The summed E-state index contributed by atoms with van der Waals surface area (Å²) >= 11 is 0. The summed E-state index contributed by atoms with van der Waals surface area (Å²) in [5, 5.41) is 11.6. The standard InChI is InChI=1S/C35H37NO8/c1-20(37)43-31-15-13-28-24-11-12-25-26(23(24)16-17-35(28,31)2)19-30(41-3)34(33(25)42-4)44-29-14-10-22(36(39)40)18-27(29)32(38)21-8-6-5-7-9-21/h5-10,14,18-19,23-24,28,31H,11-13,15-17H2,1-4H3/t23-,24+,28+,31-,35-/m0/s1. The maximum Gasteiger partial charge on any atom is 0.302 e. The molecule has 3 aliphatic carbocycles. The van der Waals surface area contributed by atoms with Crippen LogP contribution in [0.25, 0.3) is 0 Å². The summed E-state index contributed by atoms with van der Waals surface area (Å²) in [6, 6.07) is 14.7. The zero-order valence-corrected chi connectivity index (χ0v) is 25.5. The molecule has 9 nitrogen and oxygen atoms in total. The van der Waals surface area contributed by atoms with E-state index in [1.807, 2.05) is 6.07 Å². The molecule has 0 aromatic heterocycles. The Morgan fingerprint density at radius 3 is 2.39 bits per heavy atom. The Balaban J connectivity index is 1.38. The Morgan fingerprint density at radius 1 is 0.932 bits per heavy atom. The predicted molar refractivity (Wildman–Crippen MR) is 163 cm³/mol. The van der Waals surface area contributed by atoms with Crippen molar-refractivity contribution in [2.75, 3.05) is 14.2 Å². The van der Waals surface area contributed by atoms with Gasteiger partial charge in [-0.05, 0) is 74.0 Å². The van der Waals surface area contributed by atoms with Gasteiger partial charge in [0.15, 0.2) is 17.3 Å². The highest BCUT2D eigenvalue weighted by atomic mass is 16.6. The Bertz CT molecular complexity index is 1620. The maximum absolute atomic E-state index is 13.5. The average molecular weight is 600 g/mol. The summed E-state index contributed by atoms with van der Waals surface area (Å²) in [6.45, 7) is 3.79. The van der Waals surface area contributed by atoms with Crippen LogP contribution in [0.4, 0.5) is 5.69 Å². The highest BCUT2D eigenvalue weighted by Gasteiger charge is 2.56. The van der Waals surface area contributed by atoms with Gasteiger partial charge in [-0.1, -0.05) is 37.3 Å². The molecule has 0 amide bonds. The Kier molecular flexibility index (Phi) is 7.82. The largest absolute Gasteiger partial charge is 0.493 e. The second-order valence-electron chi connectivity index (χ2n) is 12.4. The number of ketones is 1. The van der Waals surface area contributed by atoms with Crippen LogP contribution in [0.2, 0.25) is 0 Å². The zero-order valence-electron chi connectivity index (χ0n) is 25.5. The van der Waals surface area contributed by atoms with Gasteiger partial charge in [0.25, 0.3) is 5.69 Å². The number of carbonyl (C=O) groups is 2.